The van der Waals surface area contributed by atoms with Crippen molar-refractivity contribution in [3.05, 3.63) is 29.8 Å². The summed E-state index contributed by atoms with van der Waals surface area (Å²) in [4.78, 5) is 49.8. The summed E-state index contributed by atoms with van der Waals surface area (Å²) in [6.45, 7) is 5.87. The number of hydrogen-bond acceptors (Lipinski definition) is 7. The van der Waals surface area contributed by atoms with Gasteiger partial charge in [-0.15, -0.1) is 0 Å². The van der Waals surface area contributed by atoms with Crippen molar-refractivity contribution in [2.75, 3.05) is 25.2 Å². The number of nitrogens with one attached hydrogen (secondary N) is 3. The summed E-state index contributed by atoms with van der Waals surface area (Å²) in [6, 6.07) is 4.46. The molecular formula is C20H28N4O6. The molecule has 1 unspecified atom stereocenters. The molecular weight excluding hydrogens is 392 g/mol. The number of rotatable bonds is 8. The number of anilines is 1. The third kappa shape index (κ3) is 6.10. The van der Waals surface area contributed by atoms with Gasteiger partial charge in [0.25, 0.3) is 5.91 Å². The van der Waals surface area contributed by atoms with Gasteiger partial charge in [0.15, 0.2) is 0 Å². The molecule has 0 aliphatic carbocycles. The zero-order chi connectivity index (χ0) is 22.1. The van der Waals surface area contributed by atoms with Crippen LogP contribution in [0.5, 0.6) is 0 Å². The first-order chi connectivity index (χ1) is 14.4. The van der Waals surface area contributed by atoms with Crippen LogP contribution in [0.2, 0.25) is 0 Å². The number of likely N-dealkylation sites (tertiary alicyclic amines) is 1. The molecule has 164 valence electrons. The topological polar surface area (TPSA) is 126 Å². The third-order valence-corrected chi connectivity index (χ3v) is 4.52. The average molecular weight is 420 g/mol. The molecule has 0 spiro atoms. The first kappa shape index (κ1) is 23.0. The number of ether oxygens (including phenoxy) is 2. The van der Waals surface area contributed by atoms with Gasteiger partial charge in [0, 0.05) is 6.54 Å². The largest absolute Gasteiger partial charge is 0.464 e. The Morgan fingerprint density at radius 3 is 2.40 bits per heavy atom. The highest BCUT2D eigenvalue weighted by atomic mass is 16.5. The second kappa shape index (κ2) is 11.0. The molecule has 0 aromatic heterocycles. The van der Waals surface area contributed by atoms with Crippen molar-refractivity contribution in [3.8, 4) is 0 Å². The van der Waals surface area contributed by atoms with Crippen LogP contribution in [0, 0.1) is 0 Å². The lowest BCUT2D eigenvalue weighted by Crippen LogP contribution is -2.53. The highest BCUT2D eigenvalue weighted by molar-refractivity contribution is 5.91. The lowest BCUT2D eigenvalue weighted by atomic mass is 10.2. The van der Waals surface area contributed by atoms with Gasteiger partial charge in [-0.2, -0.15) is 0 Å². The molecule has 10 nitrogen and oxygen atoms in total. The van der Waals surface area contributed by atoms with Gasteiger partial charge >= 0.3 is 18.0 Å². The molecule has 1 saturated heterocycles. The molecule has 0 radical (unpaired) electrons. The summed E-state index contributed by atoms with van der Waals surface area (Å²) in [6.07, 6.45) is 1.18. The van der Waals surface area contributed by atoms with Crippen LogP contribution < -0.4 is 16.2 Å². The van der Waals surface area contributed by atoms with Gasteiger partial charge in [-0.05, 0) is 57.9 Å². The maximum absolute atomic E-state index is 12.6. The Bertz CT molecular complexity index is 767. The number of benzene rings is 1. The predicted molar refractivity (Wildman–Crippen MR) is 109 cm³/mol. The highest BCUT2D eigenvalue weighted by Crippen LogP contribution is 2.18. The van der Waals surface area contributed by atoms with Crippen LogP contribution >= 0.6 is 0 Å². The van der Waals surface area contributed by atoms with Crippen molar-refractivity contribution in [2.24, 2.45) is 0 Å². The number of carbonyl (C=O) groups is 4. The van der Waals surface area contributed by atoms with E-state index in [0.717, 1.165) is 0 Å². The van der Waals surface area contributed by atoms with Gasteiger partial charge in [-0.3, -0.25) is 15.6 Å². The molecule has 1 aliphatic heterocycles. The maximum atomic E-state index is 12.6. The Hall–Kier alpha value is -3.30. The molecule has 3 N–H and O–H groups in total. The van der Waals surface area contributed by atoms with Gasteiger partial charge in [0.1, 0.15) is 12.1 Å². The van der Waals surface area contributed by atoms with Gasteiger partial charge in [0.05, 0.1) is 24.5 Å². The number of esters is 2. The van der Waals surface area contributed by atoms with E-state index in [9.17, 15) is 19.2 Å². The van der Waals surface area contributed by atoms with Crippen molar-refractivity contribution in [1.29, 1.82) is 0 Å². The number of urea groups is 1. The minimum absolute atomic E-state index is 0.222. The summed E-state index contributed by atoms with van der Waals surface area (Å²) >= 11 is 0. The van der Waals surface area contributed by atoms with E-state index in [1.54, 1.807) is 38.1 Å². The molecule has 2 atom stereocenters. The SMILES string of the molecule is CCOC(=O)c1ccc(NNC(=O)[C@@H]2CCCN2C(=O)NC(C)C(=O)OCC)cc1. The molecule has 0 saturated carbocycles. The number of nitrogens with zero attached hydrogens (tertiary/aromatic N) is 1. The Labute approximate surface area is 175 Å². The van der Waals surface area contributed by atoms with E-state index in [1.165, 1.54) is 11.8 Å². The van der Waals surface area contributed by atoms with Crippen molar-refractivity contribution < 1.29 is 28.7 Å². The zero-order valence-electron chi connectivity index (χ0n) is 17.4. The second-order valence-corrected chi connectivity index (χ2v) is 6.69. The van der Waals surface area contributed by atoms with Gasteiger partial charge in [-0.25, -0.2) is 14.4 Å². The fourth-order valence-electron chi connectivity index (χ4n) is 3.00. The first-order valence-corrected chi connectivity index (χ1v) is 9.94. The summed E-state index contributed by atoms with van der Waals surface area (Å²) in [5.41, 5.74) is 6.32. The van der Waals surface area contributed by atoms with Crippen molar-refractivity contribution >= 4 is 29.6 Å². The molecule has 2 rings (SSSR count). The Morgan fingerprint density at radius 1 is 1.10 bits per heavy atom. The lowest BCUT2D eigenvalue weighted by molar-refractivity contribution is -0.144. The maximum Gasteiger partial charge on any atom is 0.338 e. The Balaban J connectivity index is 1.89. The third-order valence-electron chi connectivity index (χ3n) is 4.52. The molecule has 30 heavy (non-hydrogen) atoms. The summed E-state index contributed by atoms with van der Waals surface area (Å²) < 4.78 is 9.80. The molecule has 1 aromatic rings. The lowest BCUT2D eigenvalue weighted by Gasteiger charge is -2.25. The van der Waals surface area contributed by atoms with Crippen LogP contribution in [0.1, 0.15) is 44.0 Å². The predicted octanol–water partition coefficient (Wildman–Crippen LogP) is 1.43. The summed E-state index contributed by atoms with van der Waals surface area (Å²) in [5, 5.41) is 2.56. The molecule has 3 amide bonds. The highest BCUT2D eigenvalue weighted by Gasteiger charge is 2.35. The summed E-state index contributed by atoms with van der Waals surface area (Å²) in [7, 11) is 0. The fourth-order valence-corrected chi connectivity index (χ4v) is 3.00. The van der Waals surface area contributed by atoms with Gasteiger partial charge < -0.3 is 19.7 Å². The summed E-state index contributed by atoms with van der Waals surface area (Å²) in [5.74, 6) is -1.32. The first-order valence-electron chi connectivity index (χ1n) is 9.94. The quantitative estimate of drug-likeness (QED) is 0.429. The number of hydrazine groups is 1. The average Bonchev–Trinajstić information content (AvgIpc) is 3.23. The smallest absolute Gasteiger partial charge is 0.338 e. The van der Waals surface area contributed by atoms with Crippen LogP contribution in [0.4, 0.5) is 10.5 Å². The minimum Gasteiger partial charge on any atom is -0.464 e. The van der Waals surface area contributed by atoms with E-state index in [2.05, 4.69) is 16.2 Å². The molecule has 1 aliphatic rings. The van der Waals surface area contributed by atoms with Crippen molar-refractivity contribution in [1.82, 2.24) is 15.6 Å². The Kier molecular flexibility index (Phi) is 8.45. The van der Waals surface area contributed by atoms with E-state index in [1.807, 2.05) is 0 Å². The van der Waals surface area contributed by atoms with Crippen molar-refractivity contribution in [2.45, 2.75) is 45.7 Å². The molecule has 1 aromatic carbocycles. The molecule has 10 heteroatoms. The normalized spacial score (nSPS) is 16.4. The standard InChI is InChI=1S/C20H28N4O6/c1-4-29-18(26)13(3)21-20(28)24-12-6-7-16(24)17(25)23-22-15-10-8-14(9-11-15)19(27)30-5-2/h8-11,13,16,22H,4-7,12H2,1-3H3,(H,21,28)(H,23,25)/t13?,16-/m0/s1. The van der Waals surface area contributed by atoms with E-state index in [0.29, 0.717) is 37.2 Å². The van der Waals surface area contributed by atoms with Crippen LogP contribution in [0.3, 0.4) is 0 Å². The Morgan fingerprint density at radius 2 is 1.77 bits per heavy atom. The second-order valence-electron chi connectivity index (χ2n) is 6.69. The minimum atomic E-state index is -0.808. The van der Waals surface area contributed by atoms with Crippen LogP contribution in [-0.4, -0.2) is 60.6 Å². The van der Waals surface area contributed by atoms with E-state index < -0.39 is 30.1 Å². The molecule has 0 bridgehead atoms. The fraction of sp³-hybridized carbons (Fsp3) is 0.500. The number of amides is 3. The number of carbonyl (C=O) groups excluding carboxylic acids is 4. The van der Waals surface area contributed by atoms with Gasteiger partial charge in [-0.1, -0.05) is 0 Å². The van der Waals surface area contributed by atoms with Crippen molar-refractivity contribution in [3.63, 3.8) is 0 Å². The van der Waals surface area contributed by atoms with Crippen LogP contribution in [0.15, 0.2) is 24.3 Å². The van der Waals surface area contributed by atoms with Gasteiger partial charge in [0.2, 0.25) is 0 Å². The molecule has 1 heterocycles. The zero-order valence-corrected chi connectivity index (χ0v) is 17.4. The van der Waals surface area contributed by atoms with E-state index in [-0.39, 0.29) is 12.5 Å². The number of hydrogen-bond donors (Lipinski definition) is 3. The molecule has 1 fully saturated rings. The van der Waals surface area contributed by atoms with Crippen LogP contribution in [-0.2, 0) is 19.1 Å². The van der Waals surface area contributed by atoms with E-state index in [4.69, 9.17) is 9.47 Å². The van der Waals surface area contributed by atoms with Crippen LogP contribution in [0.25, 0.3) is 0 Å². The monoisotopic (exact) mass is 420 g/mol. The van der Waals surface area contributed by atoms with E-state index >= 15 is 0 Å².